The van der Waals surface area contributed by atoms with Crippen LogP contribution in [0.1, 0.15) is 62.9 Å². The Morgan fingerprint density at radius 3 is 2.50 bits per heavy atom. The third-order valence-electron chi connectivity index (χ3n) is 7.60. The summed E-state index contributed by atoms with van der Waals surface area (Å²) in [6, 6.07) is 15.8. The maximum atomic E-state index is 14.3. The summed E-state index contributed by atoms with van der Waals surface area (Å²) in [6.07, 6.45) is 5.01. The molecule has 2 aromatic carbocycles. The summed E-state index contributed by atoms with van der Waals surface area (Å²) in [4.78, 5) is 33.3. The van der Waals surface area contributed by atoms with E-state index in [0.29, 0.717) is 30.0 Å². The van der Waals surface area contributed by atoms with Crippen LogP contribution in [0.5, 0.6) is 0 Å². The second-order valence-electron chi connectivity index (χ2n) is 10.6. The molecule has 206 valence electrons. The molecule has 1 fully saturated rings. The Morgan fingerprint density at radius 2 is 1.80 bits per heavy atom. The summed E-state index contributed by atoms with van der Waals surface area (Å²) in [5.74, 6) is 0.293. The van der Waals surface area contributed by atoms with Crippen molar-refractivity contribution in [3.63, 3.8) is 0 Å². The van der Waals surface area contributed by atoms with Crippen LogP contribution in [0.3, 0.4) is 0 Å². The number of hydrogen-bond acceptors (Lipinski definition) is 7. The van der Waals surface area contributed by atoms with E-state index in [2.05, 4.69) is 27.1 Å². The lowest BCUT2D eigenvalue weighted by atomic mass is 9.94. The Morgan fingerprint density at radius 1 is 1.02 bits per heavy atom. The molecule has 2 atom stereocenters. The fraction of sp³-hybridized carbons (Fsp3) is 0.367. The SMILES string of the molecule is CCCc1c(Cc2ccc(-c3ccccc3)c(-c3noc(=O)[nH]3)c2)c(=O)n(C2CC(C)OC(C)C2)c2ncnn12. The first kappa shape index (κ1) is 25.9. The minimum absolute atomic E-state index is 0.0383. The molecule has 0 bridgehead atoms. The first-order valence-corrected chi connectivity index (χ1v) is 13.8. The van der Waals surface area contributed by atoms with Gasteiger partial charge in [-0.3, -0.25) is 18.9 Å². The molecule has 10 heteroatoms. The molecule has 3 aromatic heterocycles. The van der Waals surface area contributed by atoms with E-state index in [9.17, 15) is 9.59 Å². The van der Waals surface area contributed by atoms with E-state index in [4.69, 9.17) is 9.26 Å². The maximum absolute atomic E-state index is 14.3. The highest BCUT2D eigenvalue weighted by Crippen LogP contribution is 2.33. The Bertz CT molecular complexity index is 1760. The summed E-state index contributed by atoms with van der Waals surface area (Å²) in [5.41, 5.74) is 5.03. The fourth-order valence-corrected chi connectivity index (χ4v) is 5.98. The molecule has 5 aromatic rings. The van der Waals surface area contributed by atoms with E-state index in [0.717, 1.165) is 47.2 Å². The van der Waals surface area contributed by atoms with E-state index >= 15 is 0 Å². The van der Waals surface area contributed by atoms with Crippen LogP contribution < -0.4 is 11.3 Å². The lowest BCUT2D eigenvalue weighted by Crippen LogP contribution is -2.38. The topological polar surface area (TPSA) is 120 Å². The van der Waals surface area contributed by atoms with Gasteiger partial charge in [-0.05, 0) is 55.9 Å². The van der Waals surface area contributed by atoms with E-state index in [1.807, 2.05) is 71.5 Å². The zero-order valence-electron chi connectivity index (χ0n) is 22.8. The minimum atomic E-state index is -0.621. The first-order valence-electron chi connectivity index (χ1n) is 13.8. The van der Waals surface area contributed by atoms with Crippen LogP contribution in [-0.4, -0.2) is 41.5 Å². The van der Waals surface area contributed by atoms with Crippen molar-refractivity contribution in [2.45, 2.75) is 71.1 Å². The standard InChI is InChI=1S/C30H32N6O4/c1-4-8-26-25(28(37)35(29-31-17-32-36(26)29)22-13-18(2)39-19(3)14-22)16-20-11-12-23(21-9-6-5-7-10-21)24(15-20)27-33-30(38)40-34-27/h5-7,9-12,15,17-19,22H,4,8,13-14,16H2,1-3H3,(H,33,34,38). The van der Waals surface area contributed by atoms with Crippen molar-refractivity contribution in [2.75, 3.05) is 0 Å². The van der Waals surface area contributed by atoms with Gasteiger partial charge in [0.2, 0.25) is 5.78 Å². The molecule has 0 aliphatic carbocycles. The number of H-pyrrole nitrogens is 1. The number of ether oxygens (including phenoxy) is 1. The van der Waals surface area contributed by atoms with Gasteiger partial charge >= 0.3 is 5.76 Å². The molecule has 0 radical (unpaired) electrons. The number of aromatic nitrogens is 6. The predicted molar refractivity (Wildman–Crippen MR) is 150 cm³/mol. The van der Waals surface area contributed by atoms with Gasteiger partial charge in [0.05, 0.1) is 17.9 Å². The van der Waals surface area contributed by atoms with E-state index in [1.54, 1.807) is 0 Å². The molecule has 0 spiro atoms. The number of rotatable bonds is 7. The summed E-state index contributed by atoms with van der Waals surface area (Å²) < 4.78 is 14.5. The Labute approximate surface area is 230 Å². The van der Waals surface area contributed by atoms with E-state index in [1.165, 1.54) is 6.33 Å². The molecular formula is C30H32N6O4. The van der Waals surface area contributed by atoms with Gasteiger partial charge in [0, 0.05) is 23.6 Å². The van der Waals surface area contributed by atoms with Gasteiger partial charge in [0.25, 0.3) is 5.56 Å². The molecule has 1 N–H and O–H groups in total. The number of aryl methyl sites for hydroxylation is 1. The van der Waals surface area contributed by atoms with Crippen LogP contribution in [0.4, 0.5) is 0 Å². The molecule has 0 saturated carbocycles. The van der Waals surface area contributed by atoms with Crippen molar-refractivity contribution in [2.24, 2.45) is 0 Å². The molecule has 6 rings (SSSR count). The van der Waals surface area contributed by atoms with E-state index < -0.39 is 5.76 Å². The third kappa shape index (κ3) is 4.79. The zero-order valence-corrected chi connectivity index (χ0v) is 22.8. The second-order valence-corrected chi connectivity index (χ2v) is 10.6. The van der Waals surface area contributed by atoms with Crippen molar-refractivity contribution in [1.82, 2.24) is 29.3 Å². The first-order chi connectivity index (χ1) is 19.4. The minimum Gasteiger partial charge on any atom is -0.375 e. The average Bonchev–Trinajstić information content (AvgIpc) is 3.60. The third-order valence-corrected chi connectivity index (χ3v) is 7.60. The van der Waals surface area contributed by atoms with Gasteiger partial charge in [0.15, 0.2) is 5.82 Å². The van der Waals surface area contributed by atoms with Gasteiger partial charge in [0.1, 0.15) is 6.33 Å². The number of hydrogen-bond donors (Lipinski definition) is 1. The summed E-state index contributed by atoms with van der Waals surface area (Å²) >= 11 is 0. The quantitative estimate of drug-likeness (QED) is 0.321. The van der Waals surface area contributed by atoms with Crippen LogP contribution in [0.25, 0.3) is 28.3 Å². The molecule has 0 amide bonds. The molecule has 1 saturated heterocycles. The van der Waals surface area contributed by atoms with Gasteiger partial charge in [-0.1, -0.05) is 61.0 Å². The molecule has 1 aliphatic heterocycles. The van der Waals surface area contributed by atoms with E-state index in [-0.39, 0.29) is 23.8 Å². The van der Waals surface area contributed by atoms with Crippen molar-refractivity contribution >= 4 is 5.78 Å². The van der Waals surface area contributed by atoms with Crippen molar-refractivity contribution in [3.8, 4) is 22.5 Å². The van der Waals surface area contributed by atoms with Crippen LogP contribution in [0.15, 0.2) is 69.0 Å². The van der Waals surface area contributed by atoms with Crippen molar-refractivity contribution < 1.29 is 9.26 Å². The number of aromatic amines is 1. The highest BCUT2D eigenvalue weighted by Gasteiger charge is 2.30. The molecule has 10 nitrogen and oxygen atoms in total. The molecule has 4 heterocycles. The molecule has 40 heavy (non-hydrogen) atoms. The highest BCUT2D eigenvalue weighted by molar-refractivity contribution is 5.81. The number of nitrogens with one attached hydrogen (secondary N) is 1. The average molecular weight is 541 g/mol. The molecular weight excluding hydrogens is 508 g/mol. The smallest absolute Gasteiger partial charge is 0.375 e. The van der Waals surface area contributed by atoms with Gasteiger partial charge in [-0.2, -0.15) is 10.1 Å². The summed E-state index contributed by atoms with van der Waals surface area (Å²) in [5, 5.41) is 8.51. The van der Waals surface area contributed by atoms with Gasteiger partial charge < -0.3 is 4.74 Å². The van der Waals surface area contributed by atoms with Crippen LogP contribution in [-0.2, 0) is 17.6 Å². The predicted octanol–water partition coefficient (Wildman–Crippen LogP) is 4.57. The van der Waals surface area contributed by atoms with Crippen LogP contribution in [0, 0.1) is 0 Å². The number of nitrogens with zero attached hydrogens (tertiary/aromatic N) is 5. The van der Waals surface area contributed by atoms with Crippen molar-refractivity contribution in [3.05, 3.63) is 92.6 Å². The monoisotopic (exact) mass is 540 g/mol. The molecule has 2 unspecified atom stereocenters. The number of benzene rings is 2. The fourth-order valence-electron chi connectivity index (χ4n) is 5.98. The largest absolute Gasteiger partial charge is 0.439 e. The highest BCUT2D eigenvalue weighted by atomic mass is 16.5. The zero-order chi connectivity index (χ0) is 27.8. The summed E-state index contributed by atoms with van der Waals surface area (Å²) in [7, 11) is 0. The van der Waals surface area contributed by atoms with Gasteiger partial charge in [-0.15, -0.1) is 0 Å². The summed E-state index contributed by atoms with van der Waals surface area (Å²) in [6.45, 7) is 6.18. The Kier molecular flexibility index (Phi) is 6.93. The van der Waals surface area contributed by atoms with Gasteiger partial charge in [-0.25, -0.2) is 9.31 Å². The lowest BCUT2D eigenvalue weighted by Gasteiger charge is -2.33. The second kappa shape index (κ2) is 10.7. The lowest BCUT2D eigenvalue weighted by molar-refractivity contribution is -0.0488. The molecule has 1 aliphatic rings. The van der Waals surface area contributed by atoms with Crippen LogP contribution >= 0.6 is 0 Å². The van der Waals surface area contributed by atoms with Crippen LogP contribution in [0.2, 0.25) is 0 Å². The Balaban J connectivity index is 1.50. The normalized spacial score (nSPS) is 19.3. The maximum Gasteiger partial charge on any atom is 0.439 e. The van der Waals surface area contributed by atoms with Crippen molar-refractivity contribution in [1.29, 1.82) is 0 Å². The number of fused-ring (bicyclic) bond motifs is 1. The Hall–Kier alpha value is -4.31.